The maximum atomic E-state index is 13.4. The lowest BCUT2D eigenvalue weighted by Crippen LogP contribution is -2.47. The number of halogens is 1. The van der Waals surface area contributed by atoms with Gasteiger partial charge in [0.15, 0.2) is 0 Å². The zero-order chi connectivity index (χ0) is 32.4. The first-order valence-corrected chi connectivity index (χ1v) is 16.1. The van der Waals surface area contributed by atoms with E-state index in [2.05, 4.69) is 50.0 Å². The van der Waals surface area contributed by atoms with Gasteiger partial charge >= 0.3 is 0 Å². The molecule has 2 aromatic rings. The molecule has 0 aromatic heterocycles. The number of nitrogens with one attached hydrogen (secondary N) is 1. The Morgan fingerprint density at radius 3 is 2.37 bits per heavy atom. The molecule has 1 fully saturated rings. The molecule has 46 heavy (non-hydrogen) atoms. The Labute approximate surface area is 272 Å². The quantitative estimate of drug-likeness (QED) is 0.202. The lowest BCUT2D eigenvalue weighted by molar-refractivity contribution is 0.0116. The molecule has 2 aromatic carbocycles. The fourth-order valence-electron chi connectivity index (χ4n) is 5.09. The Hall–Kier alpha value is -3.79. The summed E-state index contributed by atoms with van der Waals surface area (Å²) in [6, 6.07) is 11.8. The minimum absolute atomic E-state index is 0.134. The number of carbonyl (C=O) groups is 1. The molecule has 248 valence electrons. The standard InChI is InChI=1S/C35H47FN6O4/c1-29-26-38-28-41(27-29)13-2-12-39-35(43)32-7-10-34(31(25-32)6-3-30-4-8-33(36)9-5-30)42-16-14-40(15-17-42)18-20-45-22-24-46-23-21-44-19-11-37/h4-5,7-10,25,27-28H,2,11-24,26,37H2,1H3,(H,39,43). The van der Waals surface area contributed by atoms with Crippen molar-refractivity contribution in [2.24, 2.45) is 10.7 Å². The average Bonchev–Trinajstić information content (AvgIpc) is 3.07. The van der Waals surface area contributed by atoms with E-state index >= 15 is 0 Å². The molecule has 1 saturated heterocycles. The molecule has 0 saturated carbocycles. The first-order valence-electron chi connectivity index (χ1n) is 16.1. The third-order valence-corrected chi connectivity index (χ3v) is 7.55. The molecule has 0 bridgehead atoms. The third-order valence-electron chi connectivity index (χ3n) is 7.55. The van der Waals surface area contributed by atoms with Crippen LogP contribution >= 0.6 is 0 Å². The summed E-state index contributed by atoms with van der Waals surface area (Å²) in [5, 5.41) is 3.04. The van der Waals surface area contributed by atoms with Gasteiger partial charge in [-0.05, 0) is 61.4 Å². The molecule has 3 N–H and O–H groups in total. The second-order valence-corrected chi connectivity index (χ2v) is 11.2. The molecule has 2 heterocycles. The number of hydrogen-bond donors (Lipinski definition) is 2. The number of piperazine rings is 1. The number of carbonyl (C=O) groups excluding carboxylic acids is 1. The van der Waals surface area contributed by atoms with Crippen molar-refractivity contribution in [3.63, 3.8) is 0 Å². The highest BCUT2D eigenvalue weighted by molar-refractivity contribution is 5.95. The van der Waals surface area contributed by atoms with E-state index in [0.29, 0.717) is 63.9 Å². The van der Waals surface area contributed by atoms with E-state index in [1.807, 2.05) is 24.5 Å². The fraction of sp³-hybridized carbons (Fsp3) is 0.486. The van der Waals surface area contributed by atoms with E-state index in [9.17, 15) is 9.18 Å². The van der Waals surface area contributed by atoms with Crippen LogP contribution in [0, 0.1) is 17.7 Å². The molecule has 0 spiro atoms. The van der Waals surface area contributed by atoms with Crippen LogP contribution in [0.5, 0.6) is 0 Å². The van der Waals surface area contributed by atoms with E-state index in [1.54, 1.807) is 12.1 Å². The monoisotopic (exact) mass is 634 g/mol. The first kappa shape index (κ1) is 35.1. The first-order chi connectivity index (χ1) is 22.5. The van der Waals surface area contributed by atoms with Crippen LogP contribution in [0.2, 0.25) is 0 Å². The Morgan fingerprint density at radius 2 is 1.65 bits per heavy atom. The molecular weight excluding hydrogens is 587 g/mol. The van der Waals surface area contributed by atoms with Crippen LogP contribution < -0.4 is 16.0 Å². The number of ether oxygens (including phenoxy) is 3. The predicted molar refractivity (Wildman–Crippen MR) is 180 cm³/mol. The van der Waals surface area contributed by atoms with Crippen molar-refractivity contribution in [1.29, 1.82) is 0 Å². The third kappa shape index (κ3) is 12.2. The fourth-order valence-corrected chi connectivity index (χ4v) is 5.09. The molecule has 11 heteroatoms. The van der Waals surface area contributed by atoms with Crippen LogP contribution in [0.4, 0.5) is 10.1 Å². The van der Waals surface area contributed by atoms with Gasteiger partial charge in [-0.2, -0.15) is 0 Å². The van der Waals surface area contributed by atoms with Gasteiger partial charge in [0.1, 0.15) is 5.82 Å². The van der Waals surface area contributed by atoms with Gasteiger partial charge in [0.25, 0.3) is 5.91 Å². The smallest absolute Gasteiger partial charge is 0.251 e. The lowest BCUT2D eigenvalue weighted by Gasteiger charge is -2.36. The van der Waals surface area contributed by atoms with Crippen LogP contribution in [0.3, 0.4) is 0 Å². The Morgan fingerprint density at radius 1 is 0.935 bits per heavy atom. The minimum atomic E-state index is -0.301. The summed E-state index contributed by atoms with van der Waals surface area (Å²) in [6.07, 6.45) is 4.73. The zero-order valence-electron chi connectivity index (χ0n) is 26.9. The molecular formula is C35H47FN6O4. The number of amides is 1. The molecule has 0 aliphatic carbocycles. The van der Waals surface area contributed by atoms with Gasteiger partial charge in [-0.1, -0.05) is 11.8 Å². The van der Waals surface area contributed by atoms with Crippen LogP contribution in [-0.2, 0) is 14.2 Å². The number of rotatable bonds is 17. The molecule has 0 unspecified atom stereocenters. The van der Waals surface area contributed by atoms with Gasteiger partial charge in [0.05, 0.1) is 58.2 Å². The molecule has 2 aliphatic heterocycles. The van der Waals surface area contributed by atoms with E-state index < -0.39 is 0 Å². The Bertz CT molecular complexity index is 1350. The Balaban J connectivity index is 1.28. The van der Waals surface area contributed by atoms with Crippen molar-refractivity contribution >= 4 is 17.9 Å². The predicted octanol–water partition coefficient (Wildman–Crippen LogP) is 2.72. The molecule has 4 rings (SSSR count). The normalized spacial score (nSPS) is 15.0. The average molecular weight is 635 g/mol. The van der Waals surface area contributed by atoms with E-state index in [4.69, 9.17) is 19.9 Å². The van der Waals surface area contributed by atoms with Crippen molar-refractivity contribution in [2.45, 2.75) is 13.3 Å². The second kappa shape index (κ2) is 19.7. The SMILES string of the molecule is CC1=CN(CCCNC(=O)c2ccc(N3CCN(CCOCCOCCOCCN)CC3)c(C#Cc3ccc(F)cc3)c2)C=NC1. The van der Waals surface area contributed by atoms with Crippen LogP contribution in [0.25, 0.3) is 0 Å². The van der Waals surface area contributed by atoms with E-state index in [-0.39, 0.29) is 11.7 Å². The van der Waals surface area contributed by atoms with Gasteiger partial charge in [0.2, 0.25) is 0 Å². The highest BCUT2D eigenvalue weighted by Gasteiger charge is 2.20. The number of nitrogens with zero attached hydrogens (tertiary/aromatic N) is 4. The van der Waals surface area contributed by atoms with E-state index in [1.165, 1.54) is 17.7 Å². The highest BCUT2D eigenvalue weighted by atomic mass is 19.1. The summed E-state index contributed by atoms with van der Waals surface area (Å²) in [7, 11) is 0. The molecule has 1 amide bonds. The lowest BCUT2D eigenvalue weighted by atomic mass is 10.1. The topological polar surface area (TPSA) is 105 Å². The summed E-state index contributed by atoms with van der Waals surface area (Å²) in [5.74, 6) is 5.97. The maximum absolute atomic E-state index is 13.4. The van der Waals surface area contributed by atoms with Crippen molar-refractivity contribution < 1.29 is 23.4 Å². The van der Waals surface area contributed by atoms with Crippen LogP contribution in [0.15, 0.2) is 59.2 Å². The van der Waals surface area contributed by atoms with Crippen LogP contribution in [0.1, 0.15) is 34.8 Å². The van der Waals surface area contributed by atoms with Crippen molar-refractivity contribution in [1.82, 2.24) is 15.1 Å². The number of benzene rings is 2. The second-order valence-electron chi connectivity index (χ2n) is 11.2. The van der Waals surface area contributed by atoms with Crippen molar-refractivity contribution in [2.75, 3.05) is 103 Å². The highest BCUT2D eigenvalue weighted by Crippen LogP contribution is 2.23. The number of aliphatic imine (C=N–C) groups is 1. The summed E-state index contributed by atoms with van der Waals surface area (Å²) < 4.78 is 30.0. The van der Waals surface area contributed by atoms with Crippen LogP contribution in [-0.4, -0.2) is 121 Å². The van der Waals surface area contributed by atoms with Gasteiger partial charge in [-0.3, -0.25) is 14.7 Å². The van der Waals surface area contributed by atoms with Gasteiger partial charge in [0, 0.05) is 75.2 Å². The number of anilines is 1. The maximum Gasteiger partial charge on any atom is 0.251 e. The number of nitrogens with two attached hydrogens (primary N) is 1. The summed E-state index contributed by atoms with van der Waals surface area (Å²) in [4.78, 5) is 24.2. The largest absolute Gasteiger partial charge is 0.378 e. The zero-order valence-corrected chi connectivity index (χ0v) is 26.9. The molecule has 2 aliphatic rings. The van der Waals surface area contributed by atoms with E-state index in [0.717, 1.165) is 63.5 Å². The minimum Gasteiger partial charge on any atom is -0.378 e. The summed E-state index contributed by atoms with van der Waals surface area (Å²) >= 11 is 0. The number of hydrogen-bond acceptors (Lipinski definition) is 9. The molecule has 10 nitrogen and oxygen atoms in total. The molecule has 0 radical (unpaired) electrons. The summed E-state index contributed by atoms with van der Waals surface area (Å²) in [5.41, 5.74) is 9.64. The van der Waals surface area contributed by atoms with Crippen molar-refractivity contribution in [3.05, 3.63) is 76.7 Å². The molecule has 0 atom stereocenters. The van der Waals surface area contributed by atoms with Gasteiger partial charge in [-0.15, -0.1) is 0 Å². The van der Waals surface area contributed by atoms with Crippen molar-refractivity contribution in [3.8, 4) is 11.8 Å². The Kier molecular flexibility index (Phi) is 15.0. The summed E-state index contributed by atoms with van der Waals surface area (Å²) in [6.45, 7) is 12.3. The van der Waals surface area contributed by atoms with Gasteiger partial charge in [-0.25, -0.2) is 4.39 Å². The van der Waals surface area contributed by atoms with Gasteiger partial charge < -0.3 is 35.1 Å².